The van der Waals surface area contributed by atoms with E-state index in [9.17, 15) is 4.79 Å². The Balaban J connectivity index is 2.56. The monoisotopic (exact) mass is 218 g/mol. The number of hydrogen-bond acceptors (Lipinski definition) is 1. The molecule has 86 valence electrons. The quantitative estimate of drug-likeness (QED) is 0.785. The third-order valence-electron chi connectivity index (χ3n) is 4.35. The Bertz CT molecular complexity index is 456. The number of carboxylic acids is 1. The summed E-state index contributed by atoms with van der Waals surface area (Å²) in [5.74, 6) is -0.842. The van der Waals surface area contributed by atoms with Crippen LogP contribution in [0.2, 0.25) is 0 Å². The minimum atomic E-state index is -0.842. The SMILES string of the molecule is CC1(C)Cc2cc(C(=O)O)ccc2C1(C)C. The standard InChI is InChI=1S/C14H18O2/c1-13(2)8-10-7-9(12(15)16)5-6-11(10)14(13,3)4/h5-7H,8H2,1-4H3,(H,15,16). The molecule has 1 aliphatic carbocycles. The van der Waals surface area contributed by atoms with Gasteiger partial charge in [-0.2, -0.15) is 0 Å². The van der Waals surface area contributed by atoms with Crippen molar-refractivity contribution in [3.8, 4) is 0 Å². The minimum Gasteiger partial charge on any atom is -0.478 e. The second-order valence-corrected chi connectivity index (χ2v) is 5.86. The van der Waals surface area contributed by atoms with Crippen LogP contribution in [-0.4, -0.2) is 11.1 Å². The van der Waals surface area contributed by atoms with Gasteiger partial charge in [-0.3, -0.25) is 0 Å². The number of benzene rings is 1. The van der Waals surface area contributed by atoms with Crippen LogP contribution >= 0.6 is 0 Å². The van der Waals surface area contributed by atoms with Crippen molar-refractivity contribution in [1.82, 2.24) is 0 Å². The summed E-state index contributed by atoms with van der Waals surface area (Å²) in [5, 5.41) is 8.98. The fourth-order valence-electron chi connectivity index (χ4n) is 2.54. The zero-order valence-corrected chi connectivity index (χ0v) is 10.3. The molecule has 2 heteroatoms. The van der Waals surface area contributed by atoms with Gasteiger partial charge in [0.1, 0.15) is 0 Å². The van der Waals surface area contributed by atoms with E-state index in [1.807, 2.05) is 12.1 Å². The largest absolute Gasteiger partial charge is 0.478 e. The zero-order valence-electron chi connectivity index (χ0n) is 10.3. The minimum absolute atomic E-state index is 0.110. The maximum Gasteiger partial charge on any atom is 0.335 e. The molecule has 1 aromatic rings. The average Bonchev–Trinajstić information content (AvgIpc) is 2.32. The van der Waals surface area contributed by atoms with Gasteiger partial charge in [-0.1, -0.05) is 33.8 Å². The van der Waals surface area contributed by atoms with Crippen LogP contribution in [0.1, 0.15) is 49.2 Å². The van der Waals surface area contributed by atoms with Gasteiger partial charge in [0.25, 0.3) is 0 Å². The molecule has 0 aliphatic heterocycles. The number of carbonyl (C=O) groups is 1. The molecule has 2 nitrogen and oxygen atoms in total. The van der Waals surface area contributed by atoms with Crippen LogP contribution in [0.5, 0.6) is 0 Å². The van der Waals surface area contributed by atoms with E-state index in [2.05, 4.69) is 27.7 Å². The van der Waals surface area contributed by atoms with Gasteiger partial charge in [0.05, 0.1) is 5.56 Å². The molecule has 0 unspecified atom stereocenters. The summed E-state index contributed by atoms with van der Waals surface area (Å²) in [5.41, 5.74) is 3.18. The van der Waals surface area contributed by atoms with E-state index in [1.54, 1.807) is 6.07 Å². The third kappa shape index (κ3) is 1.36. The highest BCUT2D eigenvalue weighted by Crippen LogP contribution is 2.51. The molecule has 0 radical (unpaired) electrons. The first kappa shape index (κ1) is 11.2. The molecule has 0 fully saturated rings. The van der Waals surface area contributed by atoms with Crippen molar-refractivity contribution in [2.24, 2.45) is 5.41 Å². The Kier molecular flexibility index (Phi) is 2.16. The molecule has 1 aromatic carbocycles. The van der Waals surface area contributed by atoms with Gasteiger partial charge in [0.2, 0.25) is 0 Å². The van der Waals surface area contributed by atoms with E-state index in [0.717, 1.165) is 6.42 Å². The summed E-state index contributed by atoms with van der Waals surface area (Å²) in [6, 6.07) is 5.52. The summed E-state index contributed by atoms with van der Waals surface area (Å²) >= 11 is 0. The Morgan fingerprint density at radius 2 is 1.88 bits per heavy atom. The Morgan fingerprint density at radius 3 is 2.44 bits per heavy atom. The van der Waals surface area contributed by atoms with Crippen LogP contribution in [0, 0.1) is 5.41 Å². The van der Waals surface area contributed by atoms with Crippen molar-refractivity contribution in [3.63, 3.8) is 0 Å². The lowest BCUT2D eigenvalue weighted by Crippen LogP contribution is -2.32. The number of aromatic carboxylic acids is 1. The van der Waals surface area contributed by atoms with E-state index in [-0.39, 0.29) is 10.8 Å². The van der Waals surface area contributed by atoms with Gasteiger partial charge in [-0.25, -0.2) is 4.79 Å². The zero-order chi connectivity index (χ0) is 12.1. The van der Waals surface area contributed by atoms with Crippen LogP contribution in [-0.2, 0) is 11.8 Å². The number of carboxylic acid groups (broad SMARTS) is 1. The lowest BCUT2D eigenvalue weighted by Gasteiger charge is -2.35. The van der Waals surface area contributed by atoms with Crippen LogP contribution in [0.4, 0.5) is 0 Å². The van der Waals surface area contributed by atoms with Crippen LogP contribution in [0.3, 0.4) is 0 Å². The number of rotatable bonds is 1. The van der Waals surface area contributed by atoms with E-state index in [0.29, 0.717) is 5.56 Å². The van der Waals surface area contributed by atoms with Crippen molar-refractivity contribution in [2.75, 3.05) is 0 Å². The first-order valence-electron chi connectivity index (χ1n) is 5.62. The summed E-state index contributed by atoms with van der Waals surface area (Å²) in [6.07, 6.45) is 0.955. The highest BCUT2D eigenvalue weighted by Gasteiger charge is 2.45. The maximum atomic E-state index is 10.9. The predicted octanol–water partition coefficient (Wildman–Crippen LogP) is 3.24. The van der Waals surface area contributed by atoms with Gasteiger partial charge in [0, 0.05) is 0 Å². The van der Waals surface area contributed by atoms with Crippen molar-refractivity contribution in [2.45, 2.75) is 39.5 Å². The van der Waals surface area contributed by atoms with E-state index in [1.165, 1.54) is 11.1 Å². The van der Waals surface area contributed by atoms with E-state index >= 15 is 0 Å². The van der Waals surface area contributed by atoms with Gasteiger partial charge >= 0.3 is 5.97 Å². The van der Waals surface area contributed by atoms with Crippen molar-refractivity contribution < 1.29 is 9.90 Å². The molecule has 1 aliphatic rings. The molecule has 0 bridgehead atoms. The second kappa shape index (κ2) is 3.09. The van der Waals surface area contributed by atoms with Crippen LogP contribution in [0.15, 0.2) is 18.2 Å². The Morgan fingerprint density at radius 1 is 1.25 bits per heavy atom. The molecular weight excluding hydrogens is 200 g/mol. The maximum absolute atomic E-state index is 10.9. The first-order chi connectivity index (χ1) is 7.25. The van der Waals surface area contributed by atoms with E-state index in [4.69, 9.17) is 5.11 Å². The lowest BCUT2D eigenvalue weighted by molar-refractivity contribution is 0.0696. The Hall–Kier alpha value is -1.31. The molecular formula is C14H18O2. The third-order valence-corrected chi connectivity index (χ3v) is 4.35. The molecule has 16 heavy (non-hydrogen) atoms. The van der Waals surface area contributed by atoms with Gasteiger partial charge < -0.3 is 5.11 Å². The molecule has 1 N–H and O–H groups in total. The second-order valence-electron chi connectivity index (χ2n) is 5.86. The lowest BCUT2D eigenvalue weighted by atomic mass is 9.69. The van der Waals surface area contributed by atoms with Gasteiger partial charge in [-0.15, -0.1) is 0 Å². The van der Waals surface area contributed by atoms with Crippen LogP contribution < -0.4 is 0 Å². The smallest absolute Gasteiger partial charge is 0.335 e. The summed E-state index contributed by atoms with van der Waals surface area (Å²) in [6.45, 7) is 8.96. The fraction of sp³-hybridized carbons (Fsp3) is 0.500. The highest BCUT2D eigenvalue weighted by molar-refractivity contribution is 5.88. The fourth-order valence-corrected chi connectivity index (χ4v) is 2.54. The normalized spacial score (nSPS) is 20.5. The van der Waals surface area contributed by atoms with Crippen molar-refractivity contribution in [1.29, 1.82) is 0 Å². The van der Waals surface area contributed by atoms with Crippen LogP contribution in [0.25, 0.3) is 0 Å². The summed E-state index contributed by atoms with van der Waals surface area (Å²) in [7, 11) is 0. The van der Waals surface area contributed by atoms with Crippen molar-refractivity contribution in [3.05, 3.63) is 34.9 Å². The highest BCUT2D eigenvalue weighted by atomic mass is 16.4. The molecule has 0 heterocycles. The molecule has 0 saturated heterocycles. The number of fused-ring (bicyclic) bond motifs is 1. The molecule has 0 spiro atoms. The number of hydrogen-bond donors (Lipinski definition) is 1. The van der Waals surface area contributed by atoms with E-state index < -0.39 is 5.97 Å². The average molecular weight is 218 g/mol. The predicted molar refractivity (Wildman–Crippen MR) is 63.9 cm³/mol. The topological polar surface area (TPSA) is 37.3 Å². The summed E-state index contributed by atoms with van der Waals surface area (Å²) in [4.78, 5) is 10.9. The molecule has 0 saturated carbocycles. The molecule has 0 aromatic heterocycles. The molecule has 0 amide bonds. The van der Waals surface area contributed by atoms with Crippen molar-refractivity contribution >= 4 is 5.97 Å². The first-order valence-corrected chi connectivity index (χ1v) is 5.62. The Labute approximate surface area is 96.3 Å². The summed E-state index contributed by atoms with van der Waals surface area (Å²) < 4.78 is 0. The molecule has 0 atom stereocenters. The van der Waals surface area contributed by atoms with Gasteiger partial charge in [0.15, 0.2) is 0 Å². The van der Waals surface area contributed by atoms with Gasteiger partial charge in [-0.05, 0) is 40.5 Å². The molecule has 2 rings (SSSR count).